The second-order valence-corrected chi connectivity index (χ2v) is 7.00. The van der Waals surface area contributed by atoms with Crippen LogP contribution in [0.1, 0.15) is 27.2 Å². The highest BCUT2D eigenvalue weighted by atomic mass is 35.5. The van der Waals surface area contributed by atoms with Gasteiger partial charge in [0.05, 0.1) is 10.0 Å². The molecule has 1 fully saturated rings. The second kappa shape index (κ2) is 6.32. The van der Waals surface area contributed by atoms with Crippen molar-refractivity contribution < 1.29 is 9.53 Å². The zero-order valence-corrected chi connectivity index (χ0v) is 14.0. The Balaban J connectivity index is 1.90. The fourth-order valence-corrected chi connectivity index (χ4v) is 2.49. The van der Waals surface area contributed by atoms with Crippen molar-refractivity contribution in [3.8, 4) is 0 Å². The number of carbonyl (C=O) groups excluding carboxylic acids is 1. The normalized spacial score (nSPS) is 18.7. The highest BCUT2D eigenvalue weighted by molar-refractivity contribution is 6.42. The third-order valence-electron chi connectivity index (χ3n) is 3.13. The number of anilines is 1. The van der Waals surface area contributed by atoms with Gasteiger partial charge in [0.1, 0.15) is 5.60 Å². The van der Waals surface area contributed by atoms with Gasteiger partial charge in [-0.15, -0.1) is 0 Å². The molecule has 0 aliphatic carbocycles. The van der Waals surface area contributed by atoms with Crippen LogP contribution in [-0.4, -0.2) is 35.7 Å². The van der Waals surface area contributed by atoms with Gasteiger partial charge in [0, 0.05) is 24.8 Å². The van der Waals surface area contributed by atoms with E-state index in [1.54, 1.807) is 17.0 Å². The summed E-state index contributed by atoms with van der Waals surface area (Å²) in [6.45, 7) is 6.91. The first kappa shape index (κ1) is 16.2. The molecule has 2 rings (SSSR count). The molecule has 21 heavy (non-hydrogen) atoms. The van der Waals surface area contributed by atoms with Crippen LogP contribution in [0, 0.1) is 0 Å². The third-order valence-corrected chi connectivity index (χ3v) is 3.87. The molecule has 0 radical (unpaired) electrons. The monoisotopic (exact) mass is 330 g/mol. The van der Waals surface area contributed by atoms with Crippen molar-refractivity contribution in [3.05, 3.63) is 28.2 Å². The maximum Gasteiger partial charge on any atom is 0.410 e. The average molecular weight is 331 g/mol. The van der Waals surface area contributed by atoms with Crippen LogP contribution in [0.15, 0.2) is 18.2 Å². The van der Waals surface area contributed by atoms with Gasteiger partial charge >= 0.3 is 6.09 Å². The van der Waals surface area contributed by atoms with Crippen LogP contribution in [0.3, 0.4) is 0 Å². The maximum absolute atomic E-state index is 12.0. The Morgan fingerprint density at radius 3 is 2.67 bits per heavy atom. The van der Waals surface area contributed by atoms with Gasteiger partial charge in [-0.1, -0.05) is 23.2 Å². The summed E-state index contributed by atoms with van der Waals surface area (Å²) in [6.07, 6.45) is 0.611. The van der Waals surface area contributed by atoms with Gasteiger partial charge in [-0.25, -0.2) is 4.79 Å². The Bertz CT molecular complexity index is 529. The van der Waals surface area contributed by atoms with Crippen molar-refractivity contribution in [2.24, 2.45) is 0 Å². The van der Waals surface area contributed by atoms with E-state index in [0.717, 1.165) is 12.1 Å². The quantitative estimate of drug-likeness (QED) is 0.872. The molecule has 1 heterocycles. The smallest absolute Gasteiger partial charge is 0.410 e. The summed E-state index contributed by atoms with van der Waals surface area (Å²) in [5.41, 5.74) is 0.437. The van der Waals surface area contributed by atoms with Crippen LogP contribution in [0.4, 0.5) is 10.5 Å². The van der Waals surface area contributed by atoms with Crippen LogP contribution in [0.2, 0.25) is 10.0 Å². The molecule has 1 aromatic rings. The van der Waals surface area contributed by atoms with Crippen molar-refractivity contribution in [3.63, 3.8) is 0 Å². The number of carbonyl (C=O) groups is 1. The topological polar surface area (TPSA) is 41.6 Å². The van der Waals surface area contributed by atoms with Crippen molar-refractivity contribution in [2.75, 3.05) is 18.4 Å². The number of nitrogens with zero attached hydrogens (tertiary/aromatic N) is 1. The molecule has 0 saturated carbocycles. The van der Waals surface area contributed by atoms with E-state index in [1.165, 1.54) is 0 Å². The highest BCUT2D eigenvalue weighted by Gasteiger charge is 2.29. The van der Waals surface area contributed by atoms with Gasteiger partial charge in [-0.2, -0.15) is 0 Å². The number of amides is 1. The fourth-order valence-electron chi connectivity index (χ4n) is 2.19. The SMILES string of the molecule is CC(C)(C)OC(=O)N1CC[C@@H](Nc2ccc(Cl)c(Cl)c2)C1. The molecule has 1 amide bonds. The van der Waals surface area contributed by atoms with E-state index in [1.807, 2.05) is 26.8 Å². The van der Waals surface area contributed by atoms with Crippen LogP contribution in [0.5, 0.6) is 0 Å². The largest absolute Gasteiger partial charge is 0.444 e. The molecular weight excluding hydrogens is 311 g/mol. The van der Waals surface area contributed by atoms with E-state index in [4.69, 9.17) is 27.9 Å². The van der Waals surface area contributed by atoms with Gasteiger partial charge in [-0.3, -0.25) is 0 Å². The summed E-state index contributed by atoms with van der Waals surface area (Å²) in [7, 11) is 0. The molecule has 4 nitrogen and oxygen atoms in total. The Labute approximate surface area is 135 Å². The molecule has 0 aromatic heterocycles. The first-order valence-corrected chi connectivity index (χ1v) is 7.70. The molecule has 0 unspecified atom stereocenters. The lowest BCUT2D eigenvalue weighted by Gasteiger charge is -2.24. The number of hydrogen-bond donors (Lipinski definition) is 1. The molecule has 6 heteroatoms. The molecule has 1 atom stereocenters. The van der Waals surface area contributed by atoms with E-state index in [0.29, 0.717) is 23.1 Å². The predicted octanol–water partition coefficient (Wildman–Crippen LogP) is 4.41. The Hall–Kier alpha value is -1.13. The van der Waals surface area contributed by atoms with Crippen LogP contribution >= 0.6 is 23.2 Å². The minimum absolute atomic E-state index is 0.190. The van der Waals surface area contributed by atoms with Gasteiger partial charge in [-0.05, 0) is 45.4 Å². The Morgan fingerprint density at radius 2 is 2.05 bits per heavy atom. The van der Waals surface area contributed by atoms with E-state index >= 15 is 0 Å². The lowest BCUT2D eigenvalue weighted by Crippen LogP contribution is -2.36. The summed E-state index contributed by atoms with van der Waals surface area (Å²) in [6, 6.07) is 5.62. The fraction of sp³-hybridized carbons (Fsp3) is 0.533. The standard InChI is InChI=1S/C15H20Cl2N2O2/c1-15(2,3)21-14(20)19-7-6-11(9-19)18-10-4-5-12(16)13(17)8-10/h4-5,8,11,18H,6-7,9H2,1-3H3/t11-/m1/s1. The average Bonchev–Trinajstić information content (AvgIpc) is 2.80. The number of halogens is 2. The zero-order chi connectivity index (χ0) is 15.6. The van der Waals surface area contributed by atoms with Crippen LogP contribution < -0.4 is 5.32 Å². The van der Waals surface area contributed by atoms with E-state index in [2.05, 4.69) is 5.32 Å². The molecule has 1 saturated heterocycles. The second-order valence-electron chi connectivity index (χ2n) is 6.19. The summed E-state index contributed by atoms with van der Waals surface area (Å²) in [4.78, 5) is 13.7. The number of benzene rings is 1. The molecule has 116 valence electrons. The molecule has 0 bridgehead atoms. The number of nitrogens with one attached hydrogen (secondary N) is 1. The van der Waals surface area contributed by atoms with Gasteiger partial charge in [0.2, 0.25) is 0 Å². The lowest BCUT2D eigenvalue weighted by molar-refractivity contribution is 0.0293. The van der Waals surface area contributed by atoms with Gasteiger partial charge in [0.15, 0.2) is 0 Å². The summed E-state index contributed by atoms with van der Waals surface area (Å²) < 4.78 is 5.38. The minimum atomic E-state index is -0.466. The number of rotatable bonds is 2. The lowest BCUT2D eigenvalue weighted by atomic mass is 10.2. The zero-order valence-electron chi connectivity index (χ0n) is 12.5. The molecule has 1 aliphatic rings. The van der Waals surface area contributed by atoms with E-state index in [-0.39, 0.29) is 12.1 Å². The maximum atomic E-state index is 12.0. The van der Waals surface area contributed by atoms with Crippen LogP contribution in [-0.2, 0) is 4.74 Å². The van der Waals surface area contributed by atoms with Crippen LogP contribution in [0.25, 0.3) is 0 Å². The van der Waals surface area contributed by atoms with Gasteiger partial charge < -0.3 is 15.0 Å². The summed E-state index contributed by atoms with van der Waals surface area (Å²) in [5, 5.41) is 4.41. The first-order valence-electron chi connectivity index (χ1n) is 6.94. The first-order chi connectivity index (χ1) is 9.74. The highest BCUT2D eigenvalue weighted by Crippen LogP contribution is 2.26. The van der Waals surface area contributed by atoms with Crippen molar-refractivity contribution >= 4 is 35.0 Å². The Kier molecular flexibility index (Phi) is 4.89. The van der Waals surface area contributed by atoms with E-state index in [9.17, 15) is 4.79 Å². The molecular formula is C15H20Cl2N2O2. The van der Waals surface area contributed by atoms with Gasteiger partial charge in [0.25, 0.3) is 0 Å². The molecule has 1 aliphatic heterocycles. The number of hydrogen-bond acceptors (Lipinski definition) is 3. The summed E-state index contributed by atoms with van der Waals surface area (Å²) >= 11 is 11.9. The Morgan fingerprint density at radius 1 is 1.33 bits per heavy atom. The molecule has 1 N–H and O–H groups in total. The van der Waals surface area contributed by atoms with Crippen molar-refractivity contribution in [1.29, 1.82) is 0 Å². The molecule has 0 spiro atoms. The third kappa shape index (κ3) is 4.68. The molecule has 1 aromatic carbocycles. The minimum Gasteiger partial charge on any atom is -0.444 e. The summed E-state index contributed by atoms with van der Waals surface area (Å²) in [5.74, 6) is 0. The number of ether oxygens (including phenoxy) is 1. The van der Waals surface area contributed by atoms with Crippen molar-refractivity contribution in [1.82, 2.24) is 4.90 Å². The van der Waals surface area contributed by atoms with Crippen molar-refractivity contribution in [2.45, 2.75) is 38.8 Å². The van der Waals surface area contributed by atoms with E-state index < -0.39 is 5.60 Å². The number of likely N-dealkylation sites (tertiary alicyclic amines) is 1. The predicted molar refractivity (Wildman–Crippen MR) is 86.3 cm³/mol.